The zero-order valence-electron chi connectivity index (χ0n) is 28.0. The number of hydrogen-bond acceptors (Lipinski definition) is 1. The second-order valence-corrected chi connectivity index (χ2v) is 13.3. The normalized spacial score (nSPS) is 11.9. The van der Waals surface area contributed by atoms with Gasteiger partial charge in [-0.3, -0.25) is 0 Å². The minimum atomic E-state index is 0.257. The third kappa shape index (κ3) is 4.74. The summed E-state index contributed by atoms with van der Waals surface area (Å²) < 4.78 is 2.60. The molecule has 51 heavy (non-hydrogen) atoms. The number of anilines is 2. The van der Waals surface area contributed by atoms with Gasteiger partial charge in [-0.25, -0.2) is 0 Å². The van der Waals surface area contributed by atoms with E-state index in [-0.39, 0.29) is 6.85 Å². The third-order valence-electron chi connectivity index (χ3n) is 10.5. The molecule has 1 aromatic heterocycles. The minimum absolute atomic E-state index is 0.257. The van der Waals surface area contributed by atoms with Gasteiger partial charge < -0.3 is 9.79 Å². The van der Waals surface area contributed by atoms with Crippen LogP contribution in [0.4, 0.5) is 11.4 Å². The SMILES string of the molecule is c1ccc(-c2ccccc2Nc2ccccc2-c2ccccc2)cc1.c1ccc2c(c1)B1c3ccccc3-c3cccc4c5cccc-2c5n1c34. The second-order valence-electron chi connectivity index (χ2n) is 13.3. The number of aromatic nitrogens is 1. The standard InChI is InChI=1S/C24H14BN.C24H19N/c1-3-13-21-15(7-1)17-9-5-11-19-20-12-6-10-18-16-8-2-4-14-22(16)25(21)26(23(17)19)24(18)20;1-3-11-19(12-4-1)21-15-7-9-17-23(21)25-24-18-10-8-16-22(24)20-13-5-2-6-14-20/h1-14H;1-18,25H. The quantitative estimate of drug-likeness (QED) is 0.188. The van der Waals surface area contributed by atoms with Crippen LogP contribution in [-0.4, -0.2) is 11.3 Å². The van der Waals surface area contributed by atoms with Gasteiger partial charge in [-0.2, -0.15) is 0 Å². The summed E-state index contributed by atoms with van der Waals surface area (Å²) in [5.74, 6) is 0. The molecule has 0 atom stereocenters. The van der Waals surface area contributed by atoms with Gasteiger partial charge >= 0.3 is 6.85 Å². The zero-order chi connectivity index (χ0) is 33.7. The average Bonchev–Trinajstić information content (AvgIpc) is 3.55. The Hall–Kier alpha value is -6.58. The molecule has 3 heterocycles. The Morgan fingerprint density at radius 3 is 1.16 bits per heavy atom. The maximum Gasteiger partial charge on any atom is 0.329 e. The van der Waals surface area contributed by atoms with Crippen molar-refractivity contribution in [2.75, 3.05) is 5.32 Å². The molecule has 0 radical (unpaired) electrons. The van der Waals surface area contributed by atoms with E-state index in [4.69, 9.17) is 0 Å². The summed E-state index contributed by atoms with van der Waals surface area (Å²) >= 11 is 0. The Kier molecular flexibility index (Phi) is 6.95. The van der Waals surface area contributed by atoms with Gasteiger partial charge in [-0.15, -0.1) is 0 Å². The molecule has 2 aliphatic heterocycles. The van der Waals surface area contributed by atoms with Crippen molar-refractivity contribution in [1.29, 1.82) is 0 Å². The number of nitrogens with one attached hydrogen (secondary N) is 1. The van der Waals surface area contributed by atoms with Crippen LogP contribution in [0.25, 0.3) is 66.3 Å². The van der Waals surface area contributed by atoms with Crippen LogP contribution >= 0.6 is 0 Å². The molecule has 0 bridgehead atoms. The fourth-order valence-electron chi connectivity index (χ4n) is 8.32. The molecule has 0 fully saturated rings. The first-order chi connectivity index (χ1) is 25.3. The van der Waals surface area contributed by atoms with Crippen LogP contribution < -0.4 is 16.2 Å². The number of fused-ring (bicyclic) bond motifs is 7. The van der Waals surface area contributed by atoms with Crippen LogP contribution in [0.1, 0.15) is 0 Å². The monoisotopic (exact) mass is 648 g/mol. The smallest absolute Gasteiger partial charge is 0.329 e. The van der Waals surface area contributed by atoms with Gasteiger partial charge in [-0.1, -0.05) is 182 Å². The van der Waals surface area contributed by atoms with Crippen LogP contribution in [0.2, 0.25) is 0 Å². The highest BCUT2D eigenvalue weighted by atomic mass is 14.9. The number of para-hydroxylation sites is 4. The van der Waals surface area contributed by atoms with E-state index in [1.54, 1.807) is 0 Å². The van der Waals surface area contributed by atoms with Crippen molar-refractivity contribution in [3.63, 3.8) is 0 Å². The molecule has 238 valence electrons. The Morgan fingerprint density at radius 1 is 0.314 bits per heavy atom. The number of nitrogens with zero attached hydrogens (tertiary/aromatic N) is 1. The fourth-order valence-corrected chi connectivity index (χ4v) is 8.32. The van der Waals surface area contributed by atoms with E-state index in [1.165, 1.54) is 77.2 Å². The lowest BCUT2D eigenvalue weighted by molar-refractivity contribution is 1.31. The molecule has 0 saturated heterocycles. The molecule has 0 saturated carbocycles. The summed E-state index contributed by atoms with van der Waals surface area (Å²) in [7, 11) is 0. The van der Waals surface area contributed by atoms with Crippen molar-refractivity contribution in [2.24, 2.45) is 0 Å². The second kappa shape index (κ2) is 12.1. The Balaban J connectivity index is 0.000000129. The largest absolute Gasteiger partial charge is 0.375 e. The third-order valence-corrected chi connectivity index (χ3v) is 10.5. The summed E-state index contributed by atoms with van der Waals surface area (Å²) in [5, 5.41) is 6.37. The number of rotatable bonds is 4. The van der Waals surface area contributed by atoms with Crippen LogP contribution in [0.3, 0.4) is 0 Å². The first-order valence-electron chi connectivity index (χ1n) is 17.7. The summed E-state index contributed by atoms with van der Waals surface area (Å²) in [6, 6.07) is 69.2. The van der Waals surface area contributed by atoms with Crippen molar-refractivity contribution in [2.45, 2.75) is 0 Å². The Morgan fingerprint density at radius 2 is 0.686 bits per heavy atom. The van der Waals surface area contributed by atoms with E-state index < -0.39 is 0 Å². The van der Waals surface area contributed by atoms with Crippen molar-refractivity contribution >= 4 is 51.0 Å². The first-order valence-corrected chi connectivity index (χ1v) is 17.7. The Bertz CT molecular complexity index is 2540. The predicted molar refractivity (Wildman–Crippen MR) is 218 cm³/mol. The van der Waals surface area contributed by atoms with E-state index in [0.717, 1.165) is 11.4 Å². The molecule has 0 spiro atoms. The minimum Gasteiger partial charge on any atom is -0.375 e. The number of benzene rings is 8. The van der Waals surface area contributed by atoms with E-state index in [0.29, 0.717) is 0 Å². The lowest BCUT2D eigenvalue weighted by atomic mass is 9.45. The molecular formula is C48H33BN2. The maximum absolute atomic E-state index is 3.64. The van der Waals surface area contributed by atoms with Gasteiger partial charge in [0.2, 0.25) is 0 Å². The highest BCUT2D eigenvalue weighted by Gasteiger charge is 2.38. The van der Waals surface area contributed by atoms with Crippen LogP contribution in [0, 0.1) is 0 Å². The molecule has 0 amide bonds. The van der Waals surface area contributed by atoms with E-state index in [1.807, 2.05) is 12.1 Å². The van der Waals surface area contributed by atoms with E-state index in [9.17, 15) is 0 Å². The average molecular weight is 649 g/mol. The van der Waals surface area contributed by atoms with Crippen molar-refractivity contribution in [3.8, 4) is 44.5 Å². The molecule has 3 heteroatoms. The summed E-state index contributed by atoms with van der Waals surface area (Å²) in [4.78, 5) is 0. The molecule has 1 N–H and O–H groups in total. The topological polar surface area (TPSA) is 17.0 Å². The van der Waals surface area contributed by atoms with Gasteiger partial charge in [0.15, 0.2) is 0 Å². The lowest BCUT2D eigenvalue weighted by Gasteiger charge is -2.32. The van der Waals surface area contributed by atoms with Gasteiger partial charge in [0.1, 0.15) is 0 Å². The van der Waals surface area contributed by atoms with Gasteiger partial charge in [0, 0.05) is 55.4 Å². The molecular weight excluding hydrogens is 615 g/mol. The molecule has 9 aromatic rings. The van der Waals surface area contributed by atoms with Gasteiger partial charge in [0.05, 0.1) is 0 Å². The maximum atomic E-state index is 3.64. The molecule has 0 aliphatic carbocycles. The molecule has 2 aliphatic rings. The van der Waals surface area contributed by atoms with E-state index >= 15 is 0 Å². The fraction of sp³-hybridized carbons (Fsp3) is 0. The predicted octanol–water partition coefficient (Wildman–Crippen LogP) is 11.2. The van der Waals surface area contributed by atoms with Crippen LogP contribution in [0.15, 0.2) is 194 Å². The van der Waals surface area contributed by atoms with Crippen LogP contribution in [-0.2, 0) is 0 Å². The summed E-state index contributed by atoms with van der Waals surface area (Å²) in [5.41, 5.74) is 18.1. The summed E-state index contributed by atoms with van der Waals surface area (Å²) in [6.07, 6.45) is 0. The zero-order valence-corrected chi connectivity index (χ0v) is 28.0. The van der Waals surface area contributed by atoms with Crippen molar-refractivity contribution in [1.82, 2.24) is 4.48 Å². The van der Waals surface area contributed by atoms with Gasteiger partial charge in [-0.05, 0) is 45.3 Å². The van der Waals surface area contributed by atoms with E-state index in [2.05, 4.69) is 192 Å². The van der Waals surface area contributed by atoms with Gasteiger partial charge in [0.25, 0.3) is 0 Å². The highest BCUT2D eigenvalue weighted by Crippen LogP contribution is 2.44. The first kappa shape index (κ1) is 29.4. The van der Waals surface area contributed by atoms with Crippen molar-refractivity contribution in [3.05, 3.63) is 194 Å². The van der Waals surface area contributed by atoms with Crippen LogP contribution in [0.5, 0.6) is 0 Å². The number of hydrogen-bond donors (Lipinski definition) is 1. The molecule has 2 nitrogen and oxygen atoms in total. The molecule has 11 rings (SSSR count). The lowest BCUT2D eigenvalue weighted by Crippen LogP contribution is -2.53. The Labute approximate surface area is 298 Å². The van der Waals surface area contributed by atoms with Crippen molar-refractivity contribution < 1.29 is 0 Å². The molecule has 8 aromatic carbocycles. The summed E-state index contributed by atoms with van der Waals surface area (Å²) in [6.45, 7) is 0.257. The highest BCUT2D eigenvalue weighted by molar-refractivity contribution is 6.88. The molecule has 0 unspecified atom stereocenters.